The Kier molecular flexibility index (Phi) is 4.32. The van der Waals surface area contributed by atoms with Gasteiger partial charge in [-0.25, -0.2) is 0 Å². The van der Waals surface area contributed by atoms with Crippen LogP contribution in [0.5, 0.6) is 0 Å². The van der Waals surface area contributed by atoms with Gasteiger partial charge in [0.05, 0.1) is 0 Å². The van der Waals surface area contributed by atoms with Crippen molar-refractivity contribution in [2.75, 3.05) is 19.5 Å². The summed E-state index contributed by atoms with van der Waals surface area (Å²) in [6.07, 6.45) is 4.01. The molecule has 1 aromatic carbocycles. The molecule has 0 amide bonds. The Morgan fingerprint density at radius 3 is 2.33 bits per heavy atom. The van der Waals surface area contributed by atoms with Gasteiger partial charge in [0.2, 0.25) is 0 Å². The van der Waals surface area contributed by atoms with Crippen LogP contribution in [-0.2, 0) is 6.42 Å². The lowest BCUT2D eigenvalue weighted by Gasteiger charge is -2.04. The summed E-state index contributed by atoms with van der Waals surface area (Å²) in [6.45, 7) is 4.70. The predicted octanol–water partition coefficient (Wildman–Crippen LogP) is 3.36. The molecule has 0 aromatic heterocycles. The summed E-state index contributed by atoms with van der Waals surface area (Å²) in [5.41, 5.74) is 1.48. The summed E-state index contributed by atoms with van der Waals surface area (Å²) in [4.78, 5) is 0. The highest BCUT2D eigenvalue weighted by atomic mass is 31.1. The van der Waals surface area contributed by atoms with Crippen molar-refractivity contribution in [2.24, 2.45) is 0 Å². The zero-order valence-corrected chi connectivity index (χ0v) is 8.85. The molecule has 0 N–H and O–H groups in total. The predicted molar refractivity (Wildman–Crippen MR) is 58.4 cm³/mol. The lowest BCUT2D eigenvalue weighted by atomic mass is 10.1. The van der Waals surface area contributed by atoms with Crippen LogP contribution in [0.2, 0.25) is 0 Å². The lowest BCUT2D eigenvalue weighted by Crippen LogP contribution is -1.88. The molecule has 0 aliphatic rings. The van der Waals surface area contributed by atoms with Gasteiger partial charge in [0.1, 0.15) is 0 Å². The Morgan fingerprint density at radius 2 is 1.75 bits per heavy atom. The first kappa shape index (κ1) is 9.74. The van der Waals surface area contributed by atoms with E-state index in [-0.39, 0.29) is 0 Å². The largest absolute Gasteiger partial charge is 0.113 e. The van der Waals surface area contributed by atoms with E-state index in [0.29, 0.717) is 7.92 Å². The Balaban J connectivity index is 2.25. The summed E-state index contributed by atoms with van der Waals surface area (Å²) in [6, 6.07) is 10.8. The van der Waals surface area contributed by atoms with Gasteiger partial charge in [-0.3, -0.25) is 0 Å². The van der Waals surface area contributed by atoms with Crippen LogP contribution in [0, 0.1) is 0 Å². The van der Waals surface area contributed by atoms with Crippen LogP contribution in [0.3, 0.4) is 0 Å². The maximum Gasteiger partial charge on any atom is -0.0276 e. The smallest absolute Gasteiger partial charge is 0.0276 e. The molecule has 0 aliphatic heterocycles. The molecule has 1 heteroatoms. The third kappa shape index (κ3) is 3.88. The average molecular weight is 180 g/mol. The first-order valence-corrected chi connectivity index (χ1v) is 6.90. The molecule has 0 bridgehead atoms. The molecular formula is C11H17P. The number of benzene rings is 1. The van der Waals surface area contributed by atoms with Crippen molar-refractivity contribution in [2.45, 2.75) is 12.8 Å². The molecule has 1 aromatic rings. The highest BCUT2D eigenvalue weighted by Crippen LogP contribution is 2.25. The van der Waals surface area contributed by atoms with E-state index >= 15 is 0 Å². The minimum Gasteiger partial charge on any atom is -0.113 e. The Bertz CT molecular complexity index is 204. The van der Waals surface area contributed by atoms with Crippen molar-refractivity contribution in [1.82, 2.24) is 0 Å². The van der Waals surface area contributed by atoms with Gasteiger partial charge in [-0.2, -0.15) is 0 Å². The first-order chi connectivity index (χ1) is 5.79. The normalized spacial score (nSPS) is 10.6. The van der Waals surface area contributed by atoms with Gasteiger partial charge >= 0.3 is 0 Å². The molecule has 0 fully saturated rings. The van der Waals surface area contributed by atoms with Crippen LogP contribution >= 0.6 is 7.92 Å². The van der Waals surface area contributed by atoms with Gasteiger partial charge in [-0.1, -0.05) is 30.3 Å². The molecule has 1 rings (SSSR count). The van der Waals surface area contributed by atoms with Gasteiger partial charge in [-0.15, -0.1) is 7.92 Å². The summed E-state index contributed by atoms with van der Waals surface area (Å²) in [5.74, 6) is 0. The summed E-state index contributed by atoms with van der Waals surface area (Å²) >= 11 is 0. The Labute approximate surface area is 76.8 Å². The Morgan fingerprint density at radius 1 is 1.08 bits per heavy atom. The van der Waals surface area contributed by atoms with Crippen molar-refractivity contribution < 1.29 is 0 Å². The standard InChI is InChI=1S/C11H17P/c1-12(2)10-6-9-11-7-4-3-5-8-11/h3-5,7-8H,6,9-10H2,1-2H3. The monoisotopic (exact) mass is 180 g/mol. The highest BCUT2D eigenvalue weighted by Gasteiger charge is 1.94. The van der Waals surface area contributed by atoms with E-state index < -0.39 is 0 Å². The van der Waals surface area contributed by atoms with Crippen LogP contribution in [-0.4, -0.2) is 19.5 Å². The molecular weight excluding hydrogens is 163 g/mol. The van der Waals surface area contributed by atoms with E-state index in [4.69, 9.17) is 0 Å². The second-order valence-corrected chi connectivity index (χ2v) is 6.00. The van der Waals surface area contributed by atoms with Crippen molar-refractivity contribution in [3.63, 3.8) is 0 Å². The first-order valence-electron chi connectivity index (χ1n) is 4.47. The highest BCUT2D eigenvalue weighted by molar-refractivity contribution is 7.55. The number of aryl methyl sites for hydroxylation is 1. The van der Waals surface area contributed by atoms with Crippen molar-refractivity contribution in [1.29, 1.82) is 0 Å². The maximum atomic E-state index is 2.35. The molecule has 0 saturated heterocycles. The fourth-order valence-electron chi connectivity index (χ4n) is 1.24. The molecule has 66 valence electrons. The van der Waals surface area contributed by atoms with E-state index in [1.165, 1.54) is 24.6 Å². The van der Waals surface area contributed by atoms with Crippen LogP contribution < -0.4 is 0 Å². The van der Waals surface area contributed by atoms with Gasteiger partial charge in [0.25, 0.3) is 0 Å². The molecule has 0 nitrogen and oxygen atoms in total. The molecule has 0 unspecified atom stereocenters. The third-order valence-electron chi connectivity index (χ3n) is 1.91. The van der Waals surface area contributed by atoms with E-state index in [1.807, 2.05) is 0 Å². The number of hydrogen-bond donors (Lipinski definition) is 0. The van der Waals surface area contributed by atoms with Gasteiger partial charge in [0, 0.05) is 0 Å². The third-order valence-corrected chi connectivity index (χ3v) is 3.12. The summed E-state index contributed by atoms with van der Waals surface area (Å²) < 4.78 is 0. The fourth-order valence-corrected chi connectivity index (χ4v) is 2.03. The molecule has 0 atom stereocenters. The second kappa shape index (κ2) is 5.32. The van der Waals surface area contributed by atoms with E-state index in [0.717, 1.165) is 0 Å². The van der Waals surface area contributed by atoms with E-state index in [2.05, 4.69) is 43.7 Å². The topological polar surface area (TPSA) is 0 Å². The van der Waals surface area contributed by atoms with Gasteiger partial charge in [0.15, 0.2) is 0 Å². The van der Waals surface area contributed by atoms with Crippen molar-refractivity contribution in [3.8, 4) is 0 Å². The lowest BCUT2D eigenvalue weighted by molar-refractivity contribution is 0.929. The van der Waals surface area contributed by atoms with Crippen LogP contribution in [0.15, 0.2) is 30.3 Å². The molecule has 12 heavy (non-hydrogen) atoms. The van der Waals surface area contributed by atoms with Crippen molar-refractivity contribution in [3.05, 3.63) is 35.9 Å². The summed E-state index contributed by atoms with van der Waals surface area (Å²) in [5, 5.41) is 0. The average Bonchev–Trinajstić information content (AvgIpc) is 2.05. The fraction of sp³-hybridized carbons (Fsp3) is 0.455. The second-order valence-electron chi connectivity index (χ2n) is 3.39. The number of rotatable bonds is 4. The minimum atomic E-state index is 0.303. The zero-order valence-electron chi connectivity index (χ0n) is 7.96. The molecule has 0 radical (unpaired) electrons. The molecule has 0 spiro atoms. The number of hydrogen-bond acceptors (Lipinski definition) is 0. The zero-order chi connectivity index (χ0) is 8.81. The minimum absolute atomic E-state index is 0.303. The van der Waals surface area contributed by atoms with E-state index in [1.54, 1.807) is 0 Å². The van der Waals surface area contributed by atoms with Crippen LogP contribution in [0.25, 0.3) is 0 Å². The Hall–Kier alpha value is -0.350. The molecule has 0 saturated carbocycles. The maximum absolute atomic E-state index is 2.35. The molecule has 0 aliphatic carbocycles. The van der Waals surface area contributed by atoms with Gasteiger partial charge < -0.3 is 0 Å². The van der Waals surface area contributed by atoms with Crippen molar-refractivity contribution >= 4 is 7.92 Å². The molecule has 0 heterocycles. The van der Waals surface area contributed by atoms with Gasteiger partial charge in [-0.05, 0) is 37.9 Å². The SMILES string of the molecule is CP(C)CCCc1ccccc1. The van der Waals surface area contributed by atoms with Crippen LogP contribution in [0.1, 0.15) is 12.0 Å². The van der Waals surface area contributed by atoms with Crippen LogP contribution in [0.4, 0.5) is 0 Å². The quantitative estimate of drug-likeness (QED) is 0.623. The van der Waals surface area contributed by atoms with E-state index in [9.17, 15) is 0 Å². The summed E-state index contributed by atoms with van der Waals surface area (Å²) in [7, 11) is 0.303.